The Morgan fingerprint density at radius 3 is 2.63 bits per heavy atom. The van der Waals surface area contributed by atoms with Crippen LogP contribution in [0.3, 0.4) is 0 Å². The quantitative estimate of drug-likeness (QED) is 0.482. The van der Waals surface area contributed by atoms with E-state index in [4.69, 9.17) is 4.84 Å². The van der Waals surface area contributed by atoms with E-state index in [0.29, 0.717) is 6.42 Å². The summed E-state index contributed by atoms with van der Waals surface area (Å²) in [7, 11) is 1.72. The molecule has 0 atom stereocenters. The van der Waals surface area contributed by atoms with E-state index in [-0.39, 0.29) is 5.91 Å². The van der Waals surface area contributed by atoms with Gasteiger partial charge in [-0.2, -0.15) is 0 Å². The van der Waals surface area contributed by atoms with Crippen molar-refractivity contribution in [1.82, 2.24) is 5.06 Å². The zero-order chi connectivity index (χ0) is 14.5. The molecule has 0 aliphatic rings. The van der Waals surface area contributed by atoms with Crippen LogP contribution in [0.2, 0.25) is 19.6 Å². The summed E-state index contributed by atoms with van der Waals surface area (Å²) in [5.74, 6) is 3.13. The monoisotopic (exact) mass is 275 g/mol. The Kier molecular flexibility index (Phi) is 5.34. The van der Waals surface area contributed by atoms with Crippen molar-refractivity contribution in [2.24, 2.45) is 0 Å². The summed E-state index contributed by atoms with van der Waals surface area (Å²) in [6.07, 6.45) is 0.326. The molecule has 0 saturated heterocycles. The first-order valence-electron chi connectivity index (χ1n) is 6.24. The number of hydroxylamine groups is 2. The molecule has 1 rings (SSSR count). The molecule has 0 N–H and O–H groups in total. The number of benzene rings is 1. The van der Waals surface area contributed by atoms with Gasteiger partial charge in [-0.3, -0.25) is 9.63 Å². The number of carbonyl (C=O) groups is 1. The van der Waals surface area contributed by atoms with Gasteiger partial charge in [0.15, 0.2) is 0 Å². The molecule has 1 aromatic carbocycles. The van der Waals surface area contributed by atoms with E-state index in [0.717, 1.165) is 11.1 Å². The van der Waals surface area contributed by atoms with Gasteiger partial charge in [0.2, 0.25) is 5.91 Å². The van der Waals surface area contributed by atoms with E-state index in [1.807, 2.05) is 24.3 Å². The van der Waals surface area contributed by atoms with E-state index in [9.17, 15) is 4.79 Å². The van der Waals surface area contributed by atoms with Gasteiger partial charge in [-0.25, -0.2) is 5.06 Å². The van der Waals surface area contributed by atoms with Gasteiger partial charge in [0.25, 0.3) is 0 Å². The molecule has 0 aliphatic carbocycles. The summed E-state index contributed by atoms with van der Waals surface area (Å²) in [6.45, 7) is 6.63. The standard InChI is InChI=1S/C15H21NO2Si/c1-16(18-2)15(17)12-14-8-6-7-13(11-14)9-10-19(3,4)5/h6-8,11H,12H2,1-5H3. The molecule has 0 bridgehead atoms. The van der Waals surface area contributed by atoms with E-state index < -0.39 is 8.07 Å². The van der Waals surface area contributed by atoms with Crippen molar-refractivity contribution in [1.29, 1.82) is 0 Å². The minimum absolute atomic E-state index is 0.0715. The molecular weight excluding hydrogens is 254 g/mol. The van der Waals surface area contributed by atoms with Gasteiger partial charge >= 0.3 is 0 Å². The average molecular weight is 275 g/mol. The van der Waals surface area contributed by atoms with Crippen LogP contribution >= 0.6 is 0 Å². The van der Waals surface area contributed by atoms with Crippen LogP contribution < -0.4 is 0 Å². The van der Waals surface area contributed by atoms with Crippen molar-refractivity contribution < 1.29 is 9.63 Å². The Labute approximate surface area is 116 Å². The molecule has 4 heteroatoms. The fourth-order valence-corrected chi connectivity index (χ4v) is 1.93. The molecule has 19 heavy (non-hydrogen) atoms. The van der Waals surface area contributed by atoms with Gasteiger partial charge < -0.3 is 0 Å². The third kappa shape index (κ3) is 5.73. The molecule has 0 spiro atoms. The summed E-state index contributed by atoms with van der Waals surface area (Å²) in [4.78, 5) is 16.6. The maximum atomic E-state index is 11.7. The molecule has 0 saturated carbocycles. The van der Waals surface area contributed by atoms with Crippen molar-refractivity contribution in [2.45, 2.75) is 26.1 Å². The van der Waals surface area contributed by atoms with E-state index in [2.05, 4.69) is 31.1 Å². The second-order valence-electron chi connectivity index (χ2n) is 5.45. The number of likely N-dealkylation sites (N-methyl/N-ethyl adjacent to an activating group) is 1. The normalized spacial score (nSPS) is 10.6. The van der Waals surface area contributed by atoms with Crippen LogP contribution in [0.15, 0.2) is 24.3 Å². The molecule has 0 fully saturated rings. The minimum Gasteiger partial charge on any atom is -0.275 e. The summed E-state index contributed by atoms with van der Waals surface area (Å²) in [6, 6.07) is 7.81. The highest BCUT2D eigenvalue weighted by atomic mass is 28.3. The summed E-state index contributed by atoms with van der Waals surface area (Å²) in [5, 5.41) is 1.24. The van der Waals surface area contributed by atoms with Crippen LogP contribution in [0, 0.1) is 11.5 Å². The van der Waals surface area contributed by atoms with Crippen molar-refractivity contribution in [3.63, 3.8) is 0 Å². The van der Waals surface area contributed by atoms with Gasteiger partial charge in [0, 0.05) is 12.6 Å². The predicted octanol–water partition coefficient (Wildman–Crippen LogP) is 2.48. The first-order valence-corrected chi connectivity index (χ1v) is 9.74. The molecule has 3 nitrogen and oxygen atoms in total. The Morgan fingerprint density at radius 2 is 2.05 bits per heavy atom. The minimum atomic E-state index is -1.37. The zero-order valence-corrected chi connectivity index (χ0v) is 13.3. The predicted molar refractivity (Wildman–Crippen MR) is 80.1 cm³/mol. The Hall–Kier alpha value is -1.57. The second kappa shape index (κ2) is 6.55. The molecule has 1 amide bonds. The van der Waals surface area contributed by atoms with E-state index >= 15 is 0 Å². The van der Waals surface area contributed by atoms with Crippen molar-refractivity contribution in [2.75, 3.05) is 14.2 Å². The third-order valence-electron chi connectivity index (χ3n) is 2.49. The topological polar surface area (TPSA) is 29.5 Å². The SMILES string of the molecule is CON(C)C(=O)Cc1cccc(C#C[Si](C)(C)C)c1. The molecule has 0 heterocycles. The lowest BCUT2D eigenvalue weighted by Crippen LogP contribution is -2.26. The number of hydrogen-bond donors (Lipinski definition) is 0. The average Bonchev–Trinajstić information content (AvgIpc) is 2.35. The smallest absolute Gasteiger partial charge is 0.250 e. The Bertz CT molecular complexity index is 509. The summed E-state index contributed by atoms with van der Waals surface area (Å²) < 4.78 is 0. The first-order chi connectivity index (χ1) is 8.81. The van der Waals surface area contributed by atoms with Crippen LogP contribution in [-0.4, -0.2) is 33.2 Å². The lowest BCUT2D eigenvalue weighted by atomic mass is 10.1. The maximum absolute atomic E-state index is 11.7. The van der Waals surface area contributed by atoms with E-state index in [1.165, 1.54) is 12.2 Å². The summed E-state index contributed by atoms with van der Waals surface area (Å²) >= 11 is 0. The maximum Gasteiger partial charge on any atom is 0.250 e. The van der Waals surface area contributed by atoms with Crippen LogP contribution in [-0.2, 0) is 16.1 Å². The first kappa shape index (κ1) is 15.5. The van der Waals surface area contributed by atoms with Crippen LogP contribution in [0.4, 0.5) is 0 Å². The van der Waals surface area contributed by atoms with Crippen molar-refractivity contribution in [3.05, 3.63) is 35.4 Å². The lowest BCUT2D eigenvalue weighted by Gasteiger charge is -2.13. The second-order valence-corrected chi connectivity index (χ2v) is 10.2. The molecular formula is C15H21NO2Si. The highest BCUT2D eigenvalue weighted by molar-refractivity contribution is 6.83. The van der Waals surface area contributed by atoms with Crippen LogP contribution in [0.5, 0.6) is 0 Å². The molecule has 1 aromatic rings. The fraction of sp³-hybridized carbons (Fsp3) is 0.400. The third-order valence-corrected chi connectivity index (χ3v) is 3.36. The van der Waals surface area contributed by atoms with Crippen LogP contribution in [0.1, 0.15) is 11.1 Å². The fourth-order valence-electron chi connectivity index (χ4n) is 1.41. The molecule has 0 aliphatic heterocycles. The van der Waals surface area contributed by atoms with Crippen molar-refractivity contribution in [3.8, 4) is 11.5 Å². The highest BCUT2D eigenvalue weighted by Crippen LogP contribution is 2.07. The Balaban J connectivity index is 2.83. The lowest BCUT2D eigenvalue weighted by molar-refractivity contribution is -0.167. The van der Waals surface area contributed by atoms with Gasteiger partial charge in [0.1, 0.15) is 8.07 Å². The zero-order valence-electron chi connectivity index (χ0n) is 12.3. The number of carbonyl (C=O) groups excluding carboxylic acids is 1. The highest BCUT2D eigenvalue weighted by Gasteiger charge is 2.09. The largest absolute Gasteiger partial charge is 0.275 e. The summed E-state index contributed by atoms with van der Waals surface area (Å²) in [5.41, 5.74) is 5.24. The molecule has 0 aromatic heterocycles. The number of nitrogens with zero attached hydrogens (tertiary/aromatic N) is 1. The molecule has 0 radical (unpaired) electrons. The van der Waals surface area contributed by atoms with Gasteiger partial charge in [-0.15, -0.1) is 5.54 Å². The van der Waals surface area contributed by atoms with E-state index in [1.54, 1.807) is 7.05 Å². The molecule has 0 unspecified atom stereocenters. The van der Waals surface area contributed by atoms with Crippen LogP contribution in [0.25, 0.3) is 0 Å². The van der Waals surface area contributed by atoms with Gasteiger partial charge in [-0.05, 0) is 17.7 Å². The number of amides is 1. The van der Waals surface area contributed by atoms with Gasteiger partial charge in [-0.1, -0.05) is 37.7 Å². The van der Waals surface area contributed by atoms with Gasteiger partial charge in [0.05, 0.1) is 13.5 Å². The Morgan fingerprint density at radius 1 is 1.37 bits per heavy atom. The number of hydrogen-bond acceptors (Lipinski definition) is 2. The molecule has 102 valence electrons. The van der Waals surface area contributed by atoms with Crippen molar-refractivity contribution >= 4 is 14.0 Å². The number of rotatable bonds is 3.